The minimum atomic E-state index is 0. The molecule has 0 bridgehead atoms. The second-order valence-electron chi connectivity index (χ2n) is 0.954. The third-order valence-electron chi connectivity index (χ3n) is 0.440. The van der Waals surface area contributed by atoms with Crippen molar-refractivity contribution in [1.82, 2.24) is 0 Å². The lowest BCUT2D eigenvalue weighted by Crippen LogP contribution is -1.50. The van der Waals surface area contributed by atoms with Gasteiger partial charge in [-0.05, 0) is 6.92 Å². The van der Waals surface area contributed by atoms with Crippen LogP contribution in [0.2, 0.25) is 0 Å². The van der Waals surface area contributed by atoms with Crippen LogP contribution in [0, 0.1) is 6.42 Å². The Labute approximate surface area is 61.5 Å². The lowest BCUT2D eigenvalue weighted by atomic mass is 10.4. The number of allylic oxidation sites excluding steroid dienone is 3. The van der Waals surface area contributed by atoms with Gasteiger partial charge in [0.15, 0.2) is 0 Å². The van der Waals surface area contributed by atoms with Crippen molar-refractivity contribution in [2.45, 2.75) is 6.92 Å². The van der Waals surface area contributed by atoms with Crippen molar-refractivity contribution in [3.8, 4) is 0 Å². The Morgan fingerprint density at radius 1 is 1.43 bits per heavy atom. The molecule has 37 valence electrons. The van der Waals surface area contributed by atoms with E-state index in [2.05, 4.69) is 6.58 Å². The highest BCUT2D eigenvalue weighted by atomic mass is 24.3. The lowest BCUT2D eigenvalue weighted by molar-refractivity contribution is 1.67. The van der Waals surface area contributed by atoms with Gasteiger partial charge in [-0.15, -0.1) is 6.58 Å². The highest BCUT2D eigenvalue weighted by molar-refractivity contribution is 5.75. The number of hydrogen-bond donors (Lipinski definition) is 0. The Morgan fingerprint density at radius 3 is 2.14 bits per heavy atom. The molecule has 0 aliphatic rings. The Hall–Kier alpha value is 0.246. The fourth-order valence-corrected chi connectivity index (χ4v) is 0.190. The molecule has 0 atom stereocenters. The minimum Gasteiger partial charge on any atom is -0.102 e. The highest BCUT2D eigenvalue weighted by Gasteiger charge is 1.58. The van der Waals surface area contributed by atoms with E-state index in [-0.39, 0.29) is 23.1 Å². The van der Waals surface area contributed by atoms with Crippen LogP contribution >= 0.6 is 0 Å². The van der Waals surface area contributed by atoms with Crippen LogP contribution in [0.1, 0.15) is 6.92 Å². The largest absolute Gasteiger partial charge is 0.316 e. The summed E-state index contributed by atoms with van der Waals surface area (Å²) >= 11 is 0. The van der Waals surface area contributed by atoms with Gasteiger partial charge >= 0.3 is 23.1 Å². The average molecular weight is 107 g/mol. The van der Waals surface area contributed by atoms with Crippen LogP contribution < -0.4 is 0 Å². The molecule has 0 aromatic heterocycles. The van der Waals surface area contributed by atoms with Gasteiger partial charge < -0.3 is 0 Å². The molecule has 0 heterocycles. The van der Waals surface area contributed by atoms with Crippen molar-refractivity contribution in [2.75, 3.05) is 0 Å². The zero-order valence-electron chi connectivity index (χ0n) is 4.02. The summed E-state index contributed by atoms with van der Waals surface area (Å²) in [7, 11) is 0. The van der Waals surface area contributed by atoms with E-state index in [4.69, 9.17) is 0 Å². The Morgan fingerprint density at radius 2 is 2.00 bits per heavy atom. The lowest BCUT2D eigenvalue weighted by Gasteiger charge is -1.68. The maximum Gasteiger partial charge on any atom is 0.316 e. The van der Waals surface area contributed by atoms with E-state index in [1.807, 2.05) is 25.5 Å². The molecule has 0 saturated carbocycles. The summed E-state index contributed by atoms with van der Waals surface area (Å²) in [6.45, 7) is 5.46. The maximum atomic E-state index is 3.49. The van der Waals surface area contributed by atoms with Gasteiger partial charge in [-0.25, -0.2) is 0 Å². The third-order valence-corrected chi connectivity index (χ3v) is 0.440. The van der Waals surface area contributed by atoms with E-state index >= 15 is 0 Å². The molecule has 1 heteroatoms. The summed E-state index contributed by atoms with van der Waals surface area (Å²) in [5, 5.41) is 0. The third kappa shape index (κ3) is 10.7. The smallest absolute Gasteiger partial charge is 0.102 e. The molecule has 0 aromatic rings. The fourth-order valence-electron chi connectivity index (χ4n) is 0.190. The molecule has 0 nitrogen and oxygen atoms in total. The van der Waals surface area contributed by atoms with Crippen LogP contribution in [-0.2, 0) is 0 Å². The normalized spacial score (nSPS) is 8.14. The van der Waals surface area contributed by atoms with E-state index in [1.165, 1.54) is 0 Å². The van der Waals surface area contributed by atoms with Crippen LogP contribution in [0.4, 0.5) is 0 Å². The fraction of sp³-hybridized carbons (Fsp3) is 0.167. The highest BCUT2D eigenvalue weighted by Crippen LogP contribution is 1.76. The topological polar surface area (TPSA) is 0 Å². The second-order valence-corrected chi connectivity index (χ2v) is 0.954. The Kier molecular flexibility index (Phi) is 14.0. The second kappa shape index (κ2) is 9.53. The molecule has 0 aliphatic heterocycles. The van der Waals surface area contributed by atoms with Crippen molar-refractivity contribution < 1.29 is 0 Å². The molecule has 0 spiro atoms. The van der Waals surface area contributed by atoms with E-state index in [9.17, 15) is 0 Å². The SMILES string of the molecule is C=C[CH]/C=C/C.[MgH2]. The summed E-state index contributed by atoms with van der Waals surface area (Å²) in [6.07, 6.45) is 7.54. The first kappa shape index (κ1) is 10.3. The molecule has 0 aromatic carbocycles. The predicted octanol–water partition coefficient (Wildman–Crippen LogP) is 1.04. The summed E-state index contributed by atoms with van der Waals surface area (Å²) in [5.41, 5.74) is 0. The van der Waals surface area contributed by atoms with Crippen molar-refractivity contribution in [1.29, 1.82) is 0 Å². The van der Waals surface area contributed by atoms with Gasteiger partial charge in [0.1, 0.15) is 0 Å². The van der Waals surface area contributed by atoms with Gasteiger partial charge in [-0.3, -0.25) is 0 Å². The molecule has 0 saturated heterocycles. The molecule has 0 aliphatic carbocycles. The summed E-state index contributed by atoms with van der Waals surface area (Å²) in [6, 6.07) is 0. The van der Waals surface area contributed by atoms with Crippen molar-refractivity contribution in [2.24, 2.45) is 0 Å². The van der Waals surface area contributed by atoms with Gasteiger partial charge in [0.05, 0.1) is 0 Å². The van der Waals surface area contributed by atoms with Crippen molar-refractivity contribution in [3.05, 3.63) is 31.2 Å². The van der Waals surface area contributed by atoms with Crippen LogP contribution in [0.3, 0.4) is 0 Å². The first-order valence-electron chi connectivity index (χ1n) is 1.99. The monoisotopic (exact) mass is 107 g/mol. The minimum absolute atomic E-state index is 0. The van der Waals surface area contributed by atoms with Crippen LogP contribution in [-0.4, -0.2) is 23.1 Å². The molecule has 7 heavy (non-hydrogen) atoms. The maximum absolute atomic E-state index is 3.49. The first-order valence-corrected chi connectivity index (χ1v) is 1.99. The van der Waals surface area contributed by atoms with Gasteiger partial charge in [0, 0.05) is 6.42 Å². The first-order chi connectivity index (χ1) is 2.91. The zero-order valence-corrected chi connectivity index (χ0v) is 4.02. The molecular formula is C6H11Mg. The number of rotatable bonds is 2. The van der Waals surface area contributed by atoms with Crippen LogP contribution in [0.25, 0.3) is 0 Å². The quantitative estimate of drug-likeness (QED) is 0.463. The summed E-state index contributed by atoms with van der Waals surface area (Å²) < 4.78 is 0. The standard InChI is InChI=1S/C6H9.Mg.2H/c1-3-5-6-4-2;;;/h3-6H,1H2,2H3;;;/b6-4+;;;. The molecule has 0 fully saturated rings. The molecule has 0 rings (SSSR count). The van der Waals surface area contributed by atoms with Gasteiger partial charge in [-0.2, -0.15) is 0 Å². The van der Waals surface area contributed by atoms with Crippen LogP contribution in [0.5, 0.6) is 0 Å². The molecule has 1 radical (unpaired) electrons. The molecule has 0 unspecified atom stereocenters. The van der Waals surface area contributed by atoms with Crippen LogP contribution in [0.15, 0.2) is 24.8 Å². The van der Waals surface area contributed by atoms with Gasteiger partial charge in [0.2, 0.25) is 0 Å². The number of hydrogen-bond acceptors (Lipinski definition) is 0. The Bertz CT molecular complexity index is 55.2. The van der Waals surface area contributed by atoms with Gasteiger partial charge in [0.25, 0.3) is 0 Å². The van der Waals surface area contributed by atoms with Crippen molar-refractivity contribution >= 4 is 23.1 Å². The van der Waals surface area contributed by atoms with E-state index in [0.29, 0.717) is 0 Å². The molecule has 0 amide bonds. The van der Waals surface area contributed by atoms with Gasteiger partial charge in [-0.1, -0.05) is 18.2 Å². The molecule has 0 N–H and O–H groups in total. The summed E-state index contributed by atoms with van der Waals surface area (Å²) in [4.78, 5) is 0. The molecular weight excluding hydrogens is 96.4 g/mol. The van der Waals surface area contributed by atoms with E-state index in [0.717, 1.165) is 0 Å². The average Bonchev–Trinajstić information content (AvgIpc) is 1.61. The summed E-state index contributed by atoms with van der Waals surface area (Å²) in [5.74, 6) is 0. The van der Waals surface area contributed by atoms with Crippen molar-refractivity contribution in [3.63, 3.8) is 0 Å². The van der Waals surface area contributed by atoms with E-state index in [1.54, 1.807) is 6.08 Å². The zero-order chi connectivity index (χ0) is 4.83. The van der Waals surface area contributed by atoms with E-state index < -0.39 is 0 Å². The predicted molar refractivity (Wildman–Crippen MR) is 37.9 cm³/mol. The Balaban J connectivity index is 0.